The molecule has 0 unspecified atom stereocenters. The van der Waals surface area contributed by atoms with Gasteiger partial charge in [-0.2, -0.15) is 0 Å². The zero-order chi connectivity index (χ0) is 19.6. The van der Waals surface area contributed by atoms with Gasteiger partial charge < -0.3 is 0 Å². The monoisotopic (exact) mass is 376 g/mol. The van der Waals surface area contributed by atoms with Crippen LogP contribution >= 0.6 is 0 Å². The van der Waals surface area contributed by atoms with E-state index in [1.165, 1.54) is 99.3 Å². The summed E-state index contributed by atoms with van der Waals surface area (Å²) in [6.07, 6.45) is 16.7. The van der Waals surface area contributed by atoms with Gasteiger partial charge in [0, 0.05) is 0 Å². The maximum Gasteiger partial charge on any atom is -0.0184 e. The van der Waals surface area contributed by atoms with Gasteiger partial charge in [-0.1, -0.05) is 120 Å². The second kappa shape index (κ2) is 11.4. The Morgan fingerprint density at radius 2 is 1.07 bits per heavy atom. The van der Waals surface area contributed by atoms with Crippen molar-refractivity contribution < 1.29 is 0 Å². The van der Waals surface area contributed by atoms with Gasteiger partial charge in [0.1, 0.15) is 0 Å². The smallest absolute Gasteiger partial charge is 0.0184 e. The van der Waals surface area contributed by atoms with Gasteiger partial charge in [-0.25, -0.2) is 0 Å². The van der Waals surface area contributed by atoms with E-state index >= 15 is 0 Å². The van der Waals surface area contributed by atoms with E-state index in [1.54, 1.807) is 0 Å². The Kier molecular flexibility index (Phi) is 8.65. The van der Waals surface area contributed by atoms with Crippen molar-refractivity contribution in [3.8, 4) is 11.1 Å². The fourth-order valence-corrected chi connectivity index (χ4v) is 4.88. The number of unbranched alkanes of at least 4 members (excludes halogenated alkanes) is 2. The summed E-state index contributed by atoms with van der Waals surface area (Å²) in [7, 11) is 0. The summed E-state index contributed by atoms with van der Waals surface area (Å²) >= 11 is 0. The number of hydrogen-bond donors (Lipinski definition) is 0. The van der Waals surface area contributed by atoms with Crippen LogP contribution in [0.2, 0.25) is 0 Å². The lowest BCUT2D eigenvalue weighted by Gasteiger charge is -2.28. The van der Waals surface area contributed by atoms with Crippen LogP contribution in [0.25, 0.3) is 11.1 Å². The number of aryl methyl sites for hydroxylation is 2. The van der Waals surface area contributed by atoms with Crippen molar-refractivity contribution in [1.29, 1.82) is 0 Å². The molecule has 2 aromatic carbocycles. The predicted molar refractivity (Wildman–Crippen MR) is 124 cm³/mol. The highest BCUT2D eigenvalue weighted by atomic mass is 14.3. The molecule has 0 spiro atoms. The molecule has 0 amide bonds. The first-order valence-electron chi connectivity index (χ1n) is 12.0. The van der Waals surface area contributed by atoms with Crippen LogP contribution in [0, 0.1) is 11.8 Å². The van der Waals surface area contributed by atoms with Gasteiger partial charge >= 0.3 is 0 Å². The van der Waals surface area contributed by atoms with Crippen LogP contribution in [0.3, 0.4) is 0 Å². The summed E-state index contributed by atoms with van der Waals surface area (Å²) in [4.78, 5) is 0. The molecule has 0 radical (unpaired) electrons. The lowest BCUT2D eigenvalue weighted by Crippen LogP contribution is -2.15. The van der Waals surface area contributed by atoms with Crippen molar-refractivity contribution in [3.63, 3.8) is 0 Å². The minimum absolute atomic E-state index is 0.966. The molecular weight excluding hydrogens is 336 g/mol. The topological polar surface area (TPSA) is 0 Å². The molecule has 0 N–H and O–H groups in total. The van der Waals surface area contributed by atoms with E-state index in [0.29, 0.717) is 0 Å². The standard InChI is InChI=1S/C28H40/c1-3-5-6-8-24-9-11-25(12-10-24)13-14-26-17-21-28(22-18-26)27-19-15-23(7-4-2)16-20-27/h15-22,24-25H,3-14H2,1-2H3. The summed E-state index contributed by atoms with van der Waals surface area (Å²) in [5, 5.41) is 0. The molecule has 152 valence electrons. The molecule has 2 aromatic rings. The summed E-state index contributed by atoms with van der Waals surface area (Å²) in [6, 6.07) is 18.5. The number of hydrogen-bond acceptors (Lipinski definition) is 0. The molecule has 0 saturated heterocycles. The fraction of sp³-hybridized carbons (Fsp3) is 0.571. The van der Waals surface area contributed by atoms with E-state index in [1.807, 2.05) is 0 Å². The van der Waals surface area contributed by atoms with Gasteiger partial charge in [-0.15, -0.1) is 0 Å². The molecule has 0 aromatic heterocycles. The average molecular weight is 377 g/mol. The van der Waals surface area contributed by atoms with Crippen LogP contribution < -0.4 is 0 Å². The van der Waals surface area contributed by atoms with E-state index in [-0.39, 0.29) is 0 Å². The van der Waals surface area contributed by atoms with Gasteiger partial charge in [-0.05, 0) is 53.4 Å². The highest BCUT2D eigenvalue weighted by Crippen LogP contribution is 2.34. The Morgan fingerprint density at radius 3 is 1.57 bits per heavy atom. The van der Waals surface area contributed by atoms with Crippen molar-refractivity contribution in [2.24, 2.45) is 11.8 Å². The number of benzene rings is 2. The molecular formula is C28H40. The Morgan fingerprint density at radius 1 is 0.571 bits per heavy atom. The Bertz CT molecular complexity index is 656. The lowest BCUT2D eigenvalue weighted by molar-refractivity contribution is 0.249. The van der Waals surface area contributed by atoms with E-state index in [4.69, 9.17) is 0 Å². The molecule has 0 atom stereocenters. The van der Waals surface area contributed by atoms with Crippen LogP contribution in [0.1, 0.15) is 89.2 Å². The van der Waals surface area contributed by atoms with Crippen LogP contribution in [0.4, 0.5) is 0 Å². The third kappa shape index (κ3) is 6.50. The van der Waals surface area contributed by atoms with Crippen LogP contribution in [-0.2, 0) is 12.8 Å². The van der Waals surface area contributed by atoms with Crippen LogP contribution in [0.15, 0.2) is 48.5 Å². The molecule has 1 fully saturated rings. The molecule has 0 heteroatoms. The first-order valence-corrected chi connectivity index (χ1v) is 12.0. The van der Waals surface area contributed by atoms with E-state index in [9.17, 15) is 0 Å². The van der Waals surface area contributed by atoms with Gasteiger partial charge in [0.2, 0.25) is 0 Å². The SMILES string of the molecule is CCCCCC1CCC(CCc2ccc(-c3ccc(CCC)cc3)cc2)CC1. The van der Waals surface area contributed by atoms with Gasteiger partial charge in [-0.3, -0.25) is 0 Å². The third-order valence-electron chi connectivity index (χ3n) is 6.80. The van der Waals surface area contributed by atoms with Crippen molar-refractivity contribution in [2.45, 2.75) is 90.9 Å². The third-order valence-corrected chi connectivity index (χ3v) is 6.80. The summed E-state index contributed by atoms with van der Waals surface area (Å²) in [5.41, 5.74) is 5.64. The van der Waals surface area contributed by atoms with Gasteiger partial charge in [0.15, 0.2) is 0 Å². The molecule has 0 aliphatic heterocycles. The van der Waals surface area contributed by atoms with Crippen LogP contribution in [0.5, 0.6) is 0 Å². The highest BCUT2D eigenvalue weighted by molar-refractivity contribution is 5.63. The summed E-state index contributed by atoms with van der Waals surface area (Å²) in [6.45, 7) is 4.55. The largest absolute Gasteiger partial charge is 0.0654 e. The van der Waals surface area contributed by atoms with Crippen molar-refractivity contribution in [3.05, 3.63) is 59.7 Å². The predicted octanol–water partition coefficient (Wildman–Crippen LogP) is 8.63. The molecule has 1 saturated carbocycles. The normalized spacial score (nSPS) is 19.6. The first kappa shape index (κ1) is 21.2. The molecule has 28 heavy (non-hydrogen) atoms. The van der Waals surface area contributed by atoms with Crippen molar-refractivity contribution in [1.82, 2.24) is 0 Å². The van der Waals surface area contributed by atoms with Crippen LogP contribution in [-0.4, -0.2) is 0 Å². The molecule has 1 aliphatic carbocycles. The molecule has 0 heterocycles. The molecule has 0 bridgehead atoms. The maximum atomic E-state index is 2.35. The van der Waals surface area contributed by atoms with Crippen molar-refractivity contribution >= 4 is 0 Å². The molecule has 3 rings (SSSR count). The summed E-state index contributed by atoms with van der Waals surface area (Å²) < 4.78 is 0. The highest BCUT2D eigenvalue weighted by Gasteiger charge is 2.20. The second-order valence-electron chi connectivity index (χ2n) is 9.07. The lowest BCUT2D eigenvalue weighted by atomic mass is 9.78. The second-order valence-corrected chi connectivity index (χ2v) is 9.07. The van der Waals surface area contributed by atoms with E-state index in [2.05, 4.69) is 62.4 Å². The fourth-order valence-electron chi connectivity index (χ4n) is 4.88. The van der Waals surface area contributed by atoms with Crippen molar-refractivity contribution in [2.75, 3.05) is 0 Å². The minimum atomic E-state index is 0.966. The maximum absolute atomic E-state index is 2.35. The summed E-state index contributed by atoms with van der Waals surface area (Å²) in [5.74, 6) is 2.00. The zero-order valence-electron chi connectivity index (χ0n) is 18.3. The Labute approximate surface area is 173 Å². The van der Waals surface area contributed by atoms with E-state index < -0.39 is 0 Å². The number of rotatable bonds is 10. The Hall–Kier alpha value is -1.56. The van der Waals surface area contributed by atoms with Gasteiger partial charge in [0.25, 0.3) is 0 Å². The Balaban J connectivity index is 1.42. The minimum Gasteiger partial charge on any atom is -0.0654 e. The van der Waals surface area contributed by atoms with E-state index in [0.717, 1.165) is 11.8 Å². The first-order chi connectivity index (χ1) is 13.8. The average Bonchev–Trinajstić information content (AvgIpc) is 2.75. The zero-order valence-corrected chi connectivity index (χ0v) is 18.3. The molecule has 1 aliphatic rings. The molecule has 0 nitrogen and oxygen atoms in total. The quantitative estimate of drug-likeness (QED) is 0.364. The van der Waals surface area contributed by atoms with Gasteiger partial charge in [0.05, 0.1) is 0 Å².